The summed E-state index contributed by atoms with van der Waals surface area (Å²) < 4.78 is 0. The summed E-state index contributed by atoms with van der Waals surface area (Å²) >= 11 is 0. The summed E-state index contributed by atoms with van der Waals surface area (Å²) in [6, 6.07) is 1.95. The smallest absolute Gasteiger partial charge is 0.255 e. The number of piperidine rings is 1. The van der Waals surface area contributed by atoms with Gasteiger partial charge in [-0.3, -0.25) is 9.78 Å². The maximum atomic E-state index is 12.6. The van der Waals surface area contributed by atoms with Crippen LogP contribution in [0.25, 0.3) is 0 Å². The maximum absolute atomic E-state index is 12.6. The van der Waals surface area contributed by atoms with Gasteiger partial charge in [0.2, 0.25) is 0 Å². The molecule has 2 rings (SSSR count). The van der Waals surface area contributed by atoms with E-state index < -0.39 is 0 Å². The van der Waals surface area contributed by atoms with Crippen LogP contribution in [-0.2, 0) is 0 Å². The highest BCUT2D eigenvalue weighted by molar-refractivity contribution is 5.94. The molecule has 1 aromatic heterocycles. The minimum atomic E-state index is -0.0734. The third kappa shape index (κ3) is 3.70. The lowest BCUT2D eigenvalue weighted by atomic mass is 10.0. The molecule has 1 saturated heterocycles. The van der Waals surface area contributed by atoms with Crippen molar-refractivity contribution in [1.82, 2.24) is 15.2 Å². The molecule has 110 valence electrons. The molecule has 1 atom stereocenters. The fourth-order valence-corrected chi connectivity index (χ4v) is 2.56. The lowest BCUT2D eigenvalue weighted by molar-refractivity contribution is 0.0676. The Morgan fingerprint density at radius 1 is 1.50 bits per heavy atom. The van der Waals surface area contributed by atoms with E-state index in [1.54, 1.807) is 0 Å². The van der Waals surface area contributed by atoms with Crippen molar-refractivity contribution in [2.24, 2.45) is 0 Å². The summed E-state index contributed by atoms with van der Waals surface area (Å²) in [5.74, 6) is -0.0499. The second kappa shape index (κ2) is 6.70. The average molecular weight is 277 g/mol. The molecule has 5 nitrogen and oxygen atoms in total. The number of carbonyl (C=O) groups is 1. The van der Waals surface area contributed by atoms with Crippen molar-refractivity contribution < 1.29 is 9.90 Å². The Morgan fingerprint density at radius 2 is 2.30 bits per heavy atom. The van der Waals surface area contributed by atoms with E-state index in [0.717, 1.165) is 13.0 Å². The van der Waals surface area contributed by atoms with Gasteiger partial charge in [-0.15, -0.1) is 0 Å². The summed E-state index contributed by atoms with van der Waals surface area (Å²) in [5.41, 5.74) is 0.439. The predicted octanol–water partition coefficient (Wildman–Crippen LogP) is 1.78. The molecule has 1 aromatic rings. The van der Waals surface area contributed by atoms with E-state index in [0.29, 0.717) is 18.2 Å². The Balaban J connectivity index is 2.09. The van der Waals surface area contributed by atoms with Gasteiger partial charge in [-0.2, -0.15) is 0 Å². The van der Waals surface area contributed by atoms with Crippen molar-refractivity contribution in [3.8, 4) is 5.75 Å². The van der Waals surface area contributed by atoms with Gasteiger partial charge in [0.05, 0.1) is 11.8 Å². The lowest BCUT2D eigenvalue weighted by Crippen LogP contribution is -2.48. The monoisotopic (exact) mass is 277 g/mol. The normalized spacial score (nSPS) is 19.1. The number of rotatable bonds is 4. The van der Waals surface area contributed by atoms with Crippen molar-refractivity contribution in [1.29, 1.82) is 0 Å². The quantitative estimate of drug-likeness (QED) is 0.880. The molecule has 1 fully saturated rings. The molecule has 0 bridgehead atoms. The van der Waals surface area contributed by atoms with Gasteiger partial charge >= 0.3 is 0 Å². The molecule has 0 saturated carbocycles. The van der Waals surface area contributed by atoms with E-state index in [4.69, 9.17) is 0 Å². The highest BCUT2D eigenvalue weighted by atomic mass is 16.3. The molecule has 0 radical (unpaired) electrons. The first-order valence-electron chi connectivity index (χ1n) is 7.26. The highest BCUT2D eigenvalue weighted by Gasteiger charge is 2.24. The number of nitrogens with one attached hydrogen (secondary N) is 1. The van der Waals surface area contributed by atoms with E-state index in [9.17, 15) is 9.90 Å². The maximum Gasteiger partial charge on any atom is 0.255 e. The van der Waals surface area contributed by atoms with Crippen LogP contribution in [-0.4, -0.2) is 46.1 Å². The number of nitrogens with zero attached hydrogens (tertiary/aromatic N) is 2. The first kappa shape index (κ1) is 14.8. The van der Waals surface area contributed by atoms with Crippen LogP contribution < -0.4 is 5.32 Å². The molecular formula is C15H23N3O2. The van der Waals surface area contributed by atoms with E-state index in [-0.39, 0.29) is 17.7 Å². The van der Waals surface area contributed by atoms with Gasteiger partial charge in [-0.05, 0) is 39.3 Å². The Hall–Kier alpha value is -1.62. The zero-order chi connectivity index (χ0) is 14.5. The third-order valence-corrected chi connectivity index (χ3v) is 3.68. The van der Waals surface area contributed by atoms with Crippen LogP contribution in [0.1, 0.15) is 43.5 Å². The SMILES string of the molecule is CC(C)N(CC1CCCCN1)C(=O)c1cncc(O)c1. The zero-order valence-corrected chi connectivity index (χ0v) is 12.2. The summed E-state index contributed by atoms with van der Waals surface area (Å²) in [5, 5.41) is 12.9. The average Bonchev–Trinajstić information content (AvgIpc) is 2.45. The highest BCUT2D eigenvalue weighted by Crippen LogP contribution is 2.15. The van der Waals surface area contributed by atoms with Gasteiger partial charge in [0.15, 0.2) is 0 Å². The standard InChI is InChI=1S/C15H23N3O2/c1-11(2)18(10-13-5-3-4-6-17-13)15(20)12-7-14(19)9-16-8-12/h7-9,11,13,17,19H,3-6,10H2,1-2H3. The van der Waals surface area contributed by atoms with Crippen LogP contribution in [0, 0.1) is 0 Å². The molecule has 2 N–H and O–H groups in total. The minimum Gasteiger partial charge on any atom is -0.506 e. The van der Waals surface area contributed by atoms with Crippen LogP contribution in [0.15, 0.2) is 18.5 Å². The van der Waals surface area contributed by atoms with Crippen LogP contribution >= 0.6 is 0 Å². The zero-order valence-electron chi connectivity index (χ0n) is 12.2. The molecule has 0 spiro atoms. The van der Waals surface area contributed by atoms with E-state index in [2.05, 4.69) is 10.3 Å². The lowest BCUT2D eigenvalue weighted by Gasteiger charge is -2.33. The summed E-state index contributed by atoms with van der Waals surface area (Å²) in [4.78, 5) is 18.3. The van der Waals surface area contributed by atoms with Crippen molar-refractivity contribution in [3.63, 3.8) is 0 Å². The number of carbonyl (C=O) groups excluding carboxylic acids is 1. The van der Waals surface area contributed by atoms with Crippen LogP contribution in [0.5, 0.6) is 5.75 Å². The van der Waals surface area contributed by atoms with Crippen molar-refractivity contribution >= 4 is 5.91 Å². The van der Waals surface area contributed by atoms with Gasteiger partial charge in [-0.1, -0.05) is 6.42 Å². The molecule has 2 heterocycles. The van der Waals surface area contributed by atoms with Gasteiger partial charge in [0.1, 0.15) is 5.75 Å². The molecule has 1 amide bonds. The number of pyridine rings is 1. The Bertz CT molecular complexity index is 456. The third-order valence-electron chi connectivity index (χ3n) is 3.68. The van der Waals surface area contributed by atoms with Crippen LogP contribution in [0.3, 0.4) is 0 Å². The number of aromatic hydroxyl groups is 1. The van der Waals surface area contributed by atoms with Gasteiger partial charge < -0.3 is 15.3 Å². The van der Waals surface area contributed by atoms with Crippen molar-refractivity contribution in [2.75, 3.05) is 13.1 Å². The number of amides is 1. The van der Waals surface area contributed by atoms with Gasteiger partial charge in [-0.25, -0.2) is 0 Å². The van der Waals surface area contributed by atoms with Gasteiger partial charge in [0, 0.05) is 24.8 Å². The van der Waals surface area contributed by atoms with E-state index in [1.165, 1.54) is 31.3 Å². The number of hydrogen-bond acceptors (Lipinski definition) is 4. The summed E-state index contributed by atoms with van der Waals surface area (Å²) in [7, 11) is 0. The van der Waals surface area contributed by atoms with Crippen LogP contribution in [0.4, 0.5) is 0 Å². The Morgan fingerprint density at radius 3 is 2.90 bits per heavy atom. The van der Waals surface area contributed by atoms with Gasteiger partial charge in [0.25, 0.3) is 5.91 Å². The molecule has 1 aliphatic heterocycles. The van der Waals surface area contributed by atoms with E-state index >= 15 is 0 Å². The fourth-order valence-electron chi connectivity index (χ4n) is 2.56. The predicted molar refractivity (Wildman–Crippen MR) is 77.7 cm³/mol. The second-order valence-electron chi connectivity index (χ2n) is 5.63. The molecule has 1 unspecified atom stereocenters. The Kier molecular flexibility index (Phi) is 4.95. The molecule has 1 aliphatic rings. The van der Waals surface area contributed by atoms with Crippen molar-refractivity contribution in [2.45, 2.75) is 45.2 Å². The number of hydrogen-bond donors (Lipinski definition) is 2. The molecule has 0 aromatic carbocycles. The second-order valence-corrected chi connectivity index (χ2v) is 5.63. The molecule has 0 aliphatic carbocycles. The number of aromatic nitrogens is 1. The summed E-state index contributed by atoms with van der Waals surface area (Å²) in [6.45, 7) is 5.75. The fraction of sp³-hybridized carbons (Fsp3) is 0.600. The summed E-state index contributed by atoms with van der Waals surface area (Å²) in [6.07, 6.45) is 6.37. The Labute approximate surface area is 120 Å². The molecule has 5 heteroatoms. The van der Waals surface area contributed by atoms with Crippen LogP contribution in [0.2, 0.25) is 0 Å². The minimum absolute atomic E-state index is 0.0235. The van der Waals surface area contributed by atoms with E-state index in [1.807, 2.05) is 18.7 Å². The largest absolute Gasteiger partial charge is 0.506 e. The first-order valence-corrected chi connectivity index (χ1v) is 7.26. The van der Waals surface area contributed by atoms with Crippen molar-refractivity contribution in [3.05, 3.63) is 24.0 Å². The molecule has 20 heavy (non-hydrogen) atoms. The first-order chi connectivity index (χ1) is 9.58. The topological polar surface area (TPSA) is 65.5 Å². The molecular weight excluding hydrogens is 254 g/mol.